The fourth-order valence-electron chi connectivity index (χ4n) is 4.06. The molecule has 1 aliphatic heterocycles. The van der Waals surface area contributed by atoms with Crippen molar-refractivity contribution in [3.63, 3.8) is 0 Å². The van der Waals surface area contributed by atoms with E-state index in [0.717, 1.165) is 28.1 Å². The van der Waals surface area contributed by atoms with Gasteiger partial charge in [-0.3, -0.25) is 4.79 Å². The van der Waals surface area contributed by atoms with E-state index in [0.29, 0.717) is 6.42 Å². The smallest absolute Gasteiger partial charge is 0.222 e. The van der Waals surface area contributed by atoms with Crippen LogP contribution >= 0.6 is 0 Å². The number of nitrogens with zero attached hydrogens (tertiary/aromatic N) is 2. The third-order valence-corrected chi connectivity index (χ3v) is 7.65. The van der Waals surface area contributed by atoms with E-state index in [1.165, 1.54) is 0 Å². The molecule has 8 nitrogen and oxygen atoms in total. The second kappa shape index (κ2) is 9.81. The summed E-state index contributed by atoms with van der Waals surface area (Å²) in [6.07, 6.45) is 0.474. The van der Waals surface area contributed by atoms with Crippen LogP contribution < -0.4 is 20.7 Å². The minimum Gasteiger partial charge on any atom is -0.495 e. The lowest BCUT2D eigenvalue weighted by atomic mass is 9.95. The molecule has 2 aromatic rings. The number of sulfone groups is 1. The first kappa shape index (κ1) is 24.6. The quantitative estimate of drug-likeness (QED) is 0.603. The predicted molar refractivity (Wildman–Crippen MR) is 129 cm³/mol. The Hall–Kier alpha value is -3.09. The van der Waals surface area contributed by atoms with Gasteiger partial charge in [-0.1, -0.05) is 30.3 Å². The maximum absolute atomic E-state index is 12.4. The van der Waals surface area contributed by atoms with Gasteiger partial charge in [0.2, 0.25) is 5.91 Å². The molecule has 3 rings (SSSR count). The molecule has 1 heterocycles. The van der Waals surface area contributed by atoms with Gasteiger partial charge in [0.1, 0.15) is 11.8 Å². The van der Waals surface area contributed by atoms with Gasteiger partial charge in [-0.15, -0.1) is 0 Å². The van der Waals surface area contributed by atoms with Gasteiger partial charge in [0.25, 0.3) is 0 Å². The van der Waals surface area contributed by atoms with E-state index < -0.39 is 27.3 Å². The number of carbonyl (C=O) groups excluding carboxylic acids is 1. The zero-order chi connectivity index (χ0) is 24.2. The summed E-state index contributed by atoms with van der Waals surface area (Å²) in [5.41, 5.74) is 8.96. The molecule has 1 saturated heterocycles. The van der Waals surface area contributed by atoms with Crippen molar-refractivity contribution in [1.82, 2.24) is 5.32 Å². The summed E-state index contributed by atoms with van der Waals surface area (Å²) < 4.78 is 28.8. The van der Waals surface area contributed by atoms with Gasteiger partial charge in [-0.05, 0) is 35.2 Å². The summed E-state index contributed by atoms with van der Waals surface area (Å²) in [5, 5.41) is 12.2. The molecule has 33 heavy (non-hydrogen) atoms. The molecule has 1 amide bonds. The zero-order valence-electron chi connectivity index (χ0n) is 19.2. The largest absolute Gasteiger partial charge is 0.495 e. The Labute approximate surface area is 195 Å². The lowest BCUT2D eigenvalue weighted by molar-refractivity contribution is -0.122. The molecule has 0 aliphatic carbocycles. The van der Waals surface area contributed by atoms with E-state index >= 15 is 0 Å². The number of hydrogen-bond donors (Lipinski definition) is 2. The van der Waals surface area contributed by atoms with Gasteiger partial charge >= 0.3 is 0 Å². The molecule has 2 aromatic carbocycles. The molecule has 2 atom stereocenters. The number of ether oxygens (including phenoxy) is 1. The third-order valence-electron chi connectivity index (χ3n) is 5.81. The summed E-state index contributed by atoms with van der Waals surface area (Å²) in [4.78, 5) is 14.4. The normalized spacial score (nSPS) is 20.0. The van der Waals surface area contributed by atoms with E-state index in [1.807, 2.05) is 55.4 Å². The summed E-state index contributed by atoms with van der Waals surface area (Å²) in [6, 6.07) is 15.2. The van der Waals surface area contributed by atoms with Gasteiger partial charge in [-0.25, -0.2) is 8.42 Å². The number of hydrogen-bond acceptors (Lipinski definition) is 7. The van der Waals surface area contributed by atoms with Crippen LogP contribution in [0.3, 0.4) is 0 Å². The summed E-state index contributed by atoms with van der Waals surface area (Å²) >= 11 is 0. The average molecular weight is 471 g/mol. The number of nitrogens with two attached hydrogens (primary N) is 1. The first-order chi connectivity index (χ1) is 15.5. The van der Waals surface area contributed by atoms with E-state index in [9.17, 15) is 18.5 Å². The molecule has 176 valence electrons. The highest BCUT2D eigenvalue weighted by molar-refractivity contribution is 7.91. The Balaban J connectivity index is 1.64. The molecule has 0 bridgehead atoms. The van der Waals surface area contributed by atoms with Crippen molar-refractivity contribution in [1.29, 1.82) is 5.26 Å². The fraction of sp³-hybridized carbons (Fsp3) is 0.417. The first-order valence-electron chi connectivity index (χ1n) is 10.7. The molecular formula is C24H30N4O4S. The van der Waals surface area contributed by atoms with E-state index in [2.05, 4.69) is 17.5 Å². The van der Waals surface area contributed by atoms with Crippen LogP contribution in [-0.4, -0.2) is 58.6 Å². The van der Waals surface area contributed by atoms with Crippen molar-refractivity contribution in [2.45, 2.75) is 30.8 Å². The molecule has 1 aliphatic rings. The van der Waals surface area contributed by atoms with Crippen molar-refractivity contribution in [2.75, 3.05) is 37.6 Å². The van der Waals surface area contributed by atoms with Crippen molar-refractivity contribution in [3.8, 4) is 22.9 Å². The molecule has 9 heteroatoms. The summed E-state index contributed by atoms with van der Waals surface area (Å²) in [7, 11) is 2.36. The Morgan fingerprint density at radius 1 is 1.24 bits per heavy atom. The van der Waals surface area contributed by atoms with E-state index in [-0.39, 0.29) is 24.3 Å². The van der Waals surface area contributed by atoms with Crippen LogP contribution in [0.2, 0.25) is 0 Å². The molecule has 0 saturated carbocycles. The summed E-state index contributed by atoms with van der Waals surface area (Å²) in [5.74, 6) is 0.178. The van der Waals surface area contributed by atoms with Crippen LogP contribution in [0.4, 0.5) is 5.69 Å². The second-order valence-corrected chi connectivity index (χ2v) is 11.0. The average Bonchev–Trinajstić information content (AvgIpc) is 3.05. The fourth-order valence-corrected chi connectivity index (χ4v) is 6.05. The lowest BCUT2D eigenvalue weighted by Gasteiger charge is -2.22. The molecule has 0 spiro atoms. The summed E-state index contributed by atoms with van der Waals surface area (Å²) in [6.45, 7) is 0. The molecule has 3 N–H and O–H groups in total. The standard InChI is InChI=1S/C24H30N4O4S/c1-28(2)21-13-19(8-9-22(21)32-3)18-6-4-17(5-7-18)12-20(15-25)27-23(29)14-24(26)10-11-33(30,31)16-24/h4-9,13,20H,10-12,14,16,26H2,1-3H3,(H,27,29). The topological polar surface area (TPSA) is 126 Å². The SMILES string of the molecule is COc1ccc(-c2ccc(CC(C#N)NC(=O)CC3(N)CCS(=O)(=O)C3)cc2)cc1N(C)C. The molecule has 2 unspecified atom stereocenters. The Bertz CT molecular complexity index is 1160. The van der Waals surface area contributed by atoms with Gasteiger partial charge in [-0.2, -0.15) is 5.26 Å². The van der Waals surface area contributed by atoms with E-state index in [4.69, 9.17) is 10.5 Å². The van der Waals surface area contributed by atoms with Crippen molar-refractivity contribution in [3.05, 3.63) is 48.0 Å². The highest BCUT2D eigenvalue weighted by Crippen LogP contribution is 2.32. The van der Waals surface area contributed by atoms with Gasteiger partial charge < -0.3 is 20.7 Å². The monoisotopic (exact) mass is 470 g/mol. The second-order valence-electron chi connectivity index (χ2n) is 8.81. The van der Waals surface area contributed by atoms with Crippen molar-refractivity contribution < 1.29 is 17.9 Å². The third kappa shape index (κ3) is 6.24. The van der Waals surface area contributed by atoms with Gasteiger partial charge in [0.05, 0.1) is 30.4 Å². The lowest BCUT2D eigenvalue weighted by Crippen LogP contribution is -2.47. The van der Waals surface area contributed by atoms with Crippen LogP contribution in [0, 0.1) is 11.3 Å². The van der Waals surface area contributed by atoms with Gasteiger partial charge in [0.15, 0.2) is 9.84 Å². The van der Waals surface area contributed by atoms with Crippen molar-refractivity contribution in [2.24, 2.45) is 5.73 Å². The van der Waals surface area contributed by atoms with E-state index in [1.54, 1.807) is 7.11 Å². The number of nitrogens with one attached hydrogen (secondary N) is 1. The van der Waals surface area contributed by atoms with Crippen LogP contribution in [0.1, 0.15) is 18.4 Å². The number of benzene rings is 2. The number of carbonyl (C=O) groups is 1. The highest BCUT2D eigenvalue weighted by Gasteiger charge is 2.40. The highest BCUT2D eigenvalue weighted by atomic mass is 32.2. The van der Waals surface area contributed by atoms with Crippen LogP contribution in [0.5, 0.6) is 5.75 Å². The zero-order valence-corrected chi connectivity index (χ0v) is 20.0. The molecule has 0 aromatic heterocycles. The Morgan fingerprint density at radius 2 is 1.91 bits per heavy atom. The minimum absolute atomic E-state index is 0.00492. The number of anilines is 1. The van der Waals surface area contributed by atoms with Crippen LogP contribution in [0.25, 0.3) is 11.1 Å². The molecule has 1 fully saturated rings. The minimum atomic E-state index is -3.20. The maximum atomic E-state index is 12.4. The number of nitriles is 1. The Morgan fingerprint density at radius 3 is 2.45 bits per heavy atom. The van der Waals surface area contributed by atoms with Crippen LogP contribution in [-0.2, 0) is 21.1 Å². The number of methoxy groups -OCH3 is 1. The van der Waals surface area contributed by atoms with Gasteiger partial charge in [0, 0.05) is 32.5 Å². The molecule has 0 radical (unpaired) electrons. The molecular weight excluding hydrogens is 440 g/mol. The predicted octanol–water partition coefficient (Wildman–Crippen LogP) is 1.89. The number of amides is 1. The maximum Gasteiger partial charge on any atom is 0.222 e. The Kier molecular flexibility index (Phi) is 7.30. The number of rotatable bonds is 8. The van der Waals surface area contributed by atoms with Crippen LogP contribution in [0.15, 0.2) is 42.5 Å². The first-order valence-corrected chi connectivity index (χ1v) is 12.5. The van der Waals surface area contributed by atoms with Crippen molar-refractivity contribution >= 4 is 21.4 Å².